The van der Waals surface area contributed by atoms with Crippen LogP contribution in [0.25, 0.3) is 0 Å². The average Bonchev–Trinajstić information content (AvgIpc) is 3.00. The van der Waals surface area contributed by atoms with Crippen molar-refractivity contribution in [1.29, 1.82) is 5.26 Å². The van der Waals surface area contributed by atoms with Gasteiger partial charge in [-0.1, -0.05) is 18.2 Å². The average molecular weight is 298 g/mol. The molecule has 3 rings (SSSR count). The van der Waals surface area contributed by atoms with E-state index in [2.05, 4.69) is 0 Å². The van der Waals surface area contributed by atoms with Crippen LogP contribution in [0.4, 0.5) is 4.39 Å². The molecular weight excluding hydrogens is 287 g/mol. The van der Waals surface area contributed by atoms with Crippen LogP contribution in [0.5, 0.6) is 11.5 Å². The van der Waals surface area contributed by atoms with Crippen molar-refractivity contribution in [3.8, 4) is 17.7 Å². The Kier molecular flexibility index (Phi) is 3.62. The second-order valence-electron chi connectivity index (χ2n) is 4.66. The van der Waals surface area contributed by atoms with Crippen molar-refractivity contribution in [3.63, 3.8) is 0 Å². The molecule has 0 unspecified atom stereocenters. The van der Waals surface area contributed by atoms with Crippen LogP contribution < -0.4 is 9.47 Å². The van der Waals surface area contributed by atoms with E-state index in [9.17, 15) is 14.4 Å². The van der Waals surface area contributed by atoms with E-state index in [1.165, 1.54) is 18.2 Å². The zero-order valence-corrected chi connectivity index (χ0v) is 11.5. The van der Waals surface area contributed by atoms with E-state index in [0.29, 0.717) is 17.1 Å². The van der Waals surface area contributed by atoms with Gasteiger partial charge in [-0.3, -0.25) is 4.79 Å². The van der Waals surface area contributed by atoms with Crippen molar-refractivity contribution in [2.45, 2.75) is 6.54 Å². The molecule has 0 saturated carbocycles. The Morgan fingerprint density at radius 1 is 1.23 bits per heavy atom. The number of halogens is 1. The number of fused-ring (bicyclic) bond motifs is 1. The van der Waals surface area contributed by atoms with Crippen LogP contribution in [0, 0.1) is 17.3 Å². The van der Waals surface area contributed by atoms with Crippen LogP contribution in [0.3, 0.4) is 0 Å². The molecule has 0 bridgehead atoms. The fourth-order valence-corrected chi connectivity index (χ4v) is 2.15. The van der Waals surface area contributed by atoms with Crippen molar-refractivity contribution in [2.75, 3.05) is 6.79 Å². The Bertz CT molecular complexity index is 770. The second-order valence-corrected chi connectivity index (χ2v) is 4.66. The summed E-state index contributed by atoms with van der Waals surface area (Å²) in [6, 6.07) is 10.7. The van der Waals surface area contributed by atoms with Crippen molar-refractivity contribution >= 4 is 5.91 Å². The lowest BCUT2D eigenvalue weighted by Gasteiger charge is -2.14. The van der Waals surface area contributed by atoms with Crippen LogP contribution in [-0.4, -0.2) is 17.6 Å². The number of hydrogen-bond donors (Lipinski definition) is 0. The molecule has 6 heteroatoms. The summed E-state index contributed by atoms with van der Waals surface area (Å²) in [5.41, 5.74) is 0.556. The monoisotopic (exact) mass is 298 g/mol. The minimum atomic E-state index is -0.682. The van der Waals surface area contributed by atoms with Crippen LogP contribution in [0.1, 0.15) is 15.9 Å². The van der Waals surface area contributed by atoms with Crippen molar-refractivity contribution in [3.05, 3.63) is 59.4 Å². The number of carbonyl (C=O) groups is 1. The fraction of sp³-hybridized carbons (Fsp3) is 0.125. The highest BCUT2D eigenvalue weighted by Gasteiger charge is 2.20. The van der Waals surface area contributed by atoms with E-state index < -0.39 is 11.7 Å². The molecule has 1 heterocycles. The summed E-state index contributed by atoms with van der Waals surface area (Å²) in [5.74, 6) is -0.155. The van der Waals surface area contributed by atoms with Gasteiger partial charge in [-0.2, -0.15) is 5.26 Å². The molecule has 0 radical (unpaired) electrons. The molecule has 0 N–H and O–H groups in total. The van der Waals surface area contributed by atoms with E-state index >= 15 is 0 Å². The van der Waals surface area contributed by atoms with Crippen LogP contribution in [0.2, 0.25) is 0 Å². The second kappa shape index (κ2) is 5.74. The number of amides is 1. The summed E-state index contributed by atoms with van der Waals surface area (Å²) >= 11 is 0. The van der Waals surface area contributed by atoms with Crippen molar-refractivity contribution in [1.82, 2.24) is 4.90 Å². The summed E-state index contributed by atoms with van der Waals surface area (Å²) in [6.45, 7) is 0.176. The summed E-state index contributed by atoms with van der Waals surface area (Å²) in [5, 5.41) is 9.18. The first kappa shape index (κ1) is 13.9. The highest BCUT2D eigenvalue weighted by molar-refractivity contribution is 5.95. The Morgan fingerprint density at radius 3 is 2.77 bits per heavy atom. The SMILES string of the molecule is N#CN(Cc1ccc2c(c1)OCO2)C(=O)c1ccccc1F. The smallest absolute Gasteiger partial charge is 0.270 e. The number of ether oxygens (including phenoxy) is 2. The molecular formula is C16H11FN2O3. The summed E-state index contributed by atoms with van der Waals surface area (Å²) < 4.78 is 24.1. The lowest BCUT2D eigenvalue weighted by Crippen LogP contribution is -2.26. The van der Waals surface area contributed by atoms with Gasteiger partial charge in [0.1, 0.15) is 5.82 Å². The molecule has 2 aromatic carbocycles. The molecule has 110 valence electrons. The Morgan fingerprint density at radius 2 is 2.00 bits per heavy atom. The van der Waals surface area contributed by atoms with Gasteiger partial charge in [-0.05, 0) is 29.8 Å². The molecule has 0 atom stereocenters. The molecule has 0 fully saturated rings. The summed E-state index contributed by atoms with van der Waals surface area (Å²) in [4.78, 5) is 13.1. The first-order chi connectivity index (χ1) is 10.7. The van der Waals surface area contributed by atoms with Gasteiger partial charge in [-0.15, -0.1) is 0 Å². The fourth-order valence-electron chi connectivity index (χ4n) is 2.15. The molecule has 1 aliphatic rings. The van der Waals surface area contributed by atoms with E-state index in [1.807, 2.05) is 0 Å². The highest BCUT2D eigenvalue weighted by atomic mass is 19.1. The standard InChI is InChI=1S/C16H11FN2O3/c17-13-4-2-1-3-12(13)16(20)19(9-18)8-11-5-6-14-15(7-11)22-10-21-14/h1-7H,8,10H2. The third kappa shape index (κ3) is 2.56. The van der Waals surface area contributed by atoms with E-state index in [-0.39, 0.29) is 18.9 Å². The minimum Gasteiger partial charge on any atom is -0.454 e. The van der Waals surface area contributed by atoms with E-state index in [0.717, 1.165) is 4.90 Å². The van der Waals surface area contributed by atoms with Gasteiger partial charge in [0.25, 0.3) is 5.91 Å². The summed E-state index contributed by atoms with van der Waals surface area (Å²) in [6.07, 6.45) is 1.79. The normalized spacial score (nSPS) is 11.8. The zero-order chi connectivity index (χ0) is 15.5. The third-order valence-corrected chi connectivity index (χ3v) is 3.25. The van der Waals surface area contributed by atoms with Crippen LogP contribution >= 0.6 is 0 Å². The van der Waals surface area contributed by atoms with Gasteiger partial charge in [0.2, 0.25) is 6.79 Å². The maximum Gasteiger partial charge on any atom is 0.270 e. The molecule has 2 aromatic rings. The topological polar surface area (TPSA) is 62.6 Å². The number of hydrogen-bond acceptors (Lipinski definition) is 4. The van der Waals surface area contributed by atoms with Gasteiger partial charge in [0, 0.05) is 0 Å². The van der Waals surface area contributed by atoms with Gasteiger partial charge < -0.3 is 9.47 Å². The first-order valence-corrected chi connectivity index (χ1v) is 6.53. The van der Waals surface area contributed by atoms with E-state index in [1.54, 1.807) is 30.5 Å². The van der Waals surface area contributed by atoms with Crippen LogP contribution in [-0.2, 0) is 6.54 Å². The number of benzene rings is 2. The highest BCUT2D eigenvalue weighted by Crippen LogP contribution is 2.32. The molecule has 22 heavy (non-hydrogen) atoms. The van der Waals surface area contributed by atoms with Gasteiger partial charge in [-0.25, -0.2) is 9.29 Å². The largest absolute Gasteiger partial charge is 0.454 e. The van der Waals surface area contributed by atoms with Crippen molar-refractivity contribution < 1.29 is 18.7 Å². The minimum absolute atomic E-state index is 0.0281. The number of nitrogens with zero attached hydrogens (tertiary/aromatic N) is 2. The molecule has 1 aliphatic heterocycles. The molecule has 0 spiro atoms. The zero-order valence-electron chi connectivity index (χ0n) is 11.5. The third-order valence-electron chi connectivity index (χ3n) is 3.25. The van der Waals surface area contributed by atoms with Crippen LogP contribution in [0.15, 0.2) is 42.5 Å². The molecule has 1 amide bonds. The molecule has 0 aliphatic carbocycles. The predicted molar refractivity (Wildman–Crippen MR) is 74.5 cm³/mol. The Hall–Kier alpha value is -3.07. The quantitative estimate of drug-likeness (QED) is 0.645. The lowest BCUT2D eigenvalue weighted by molar-refractivity contribution is 0.0819. The Labute approximate surface area is 126 Å². The number of carbonyl (C=O) groups excluding carboxylic acids is 1. The Balaban J connectivity index is 1.82. The predicted octanol–water partition coefficient (Wildman–Crippen LogP) is 2.68. The molecule has 5 nitrogen and oxygen atoms in total. The maximum atomic E-state index is 13.7. The first-order valence-electron chi connectivity index (χ1n) is 6.53. The molecule has 0 saturated heterocycles. The number of nitriles is 1. The molecule has 0 aromatic heterocycles. The summed E-state index contributed by atoms with van der Waals surface area (Å²) in [7, 11) is 0. The lowest BCUT2D eigenvalue weighted by atomic mass is 10.1. The van der Waals surface area contributed by atoms with Crippen molar-refractivity contribution in [2.24, 2.45) is 0 Å². The van der Waals surface area contributed by atoms with E-state index in [4.69, 9.17) is 9.47 Å². The number of rotatable bonds is 3. The van der Waals surface area contributed by atoms with Gasteiger partial charge in [0.05, 0.1) is 12.1 Å². The van der Waals surface area contributed by atoms with Gasteiger partial charge >= 0.3 is 0 Å². The maximum absolute atomic E-state index is 13.7. The van der Waals surface area contributed by atoms with Gasteiger partial charge in [0.15, 0.2) is 17.7 Å².